The molecule has 0 aromatic heterocycles. The molecule has 0 aliphatic carbocycles. The fraction of sp³-hybridized carbons (Fsp3) is 0.923. The van der Waals surface area contributed by atoms with Crippen LogP contribution in [0.25, 0.3) is 0 Å². The van der Waals surface area contributed by atoms with Crippen LogP contribution in [0.3, 0.4) is 0 Å². The minimum atomic E-state index is -0.0324. The molecule has 0 aromatic rings. The summed E-state index contributed by atoms with van der Waals surface area (Å²) >= 11 is 0. The molecule has 2 N–H and O–H groups in total. The molecule has 1 rings (SSSR count). The number of rotatable bonds is 5. The van der Waals surface area contributed by atoms with E-state index in [-0.39, 0.29) is 18.1 Å². The Labute approximate surface area is 104 Å². The van der Waals surface area contributed by atoms with Crippen LogP contribution in [-0.4, -0.2) is 42.6 Å². The molecule has 4 nitrogen and oxygen atoms in total. The molecule has 2 unspecified atom stereocenters. The van der Waals surface area contributed by atoms with Gasteiger partial charge in [0, 0.05) is 32.2 Å². The zero-order valence-corrected chi connectivity index (χ0v) is 11.3. The lowest BCUT2D eigenvalue weighted by Crippen LogP contribution is -2.45. The number of amides is 1. The summed E-state index contributed by atoms with van der Waals surface area (Å²) in [7, 11) is 0. The van der Waals surface area contributed by atoms with E-state index >= 15 is 0 Å². The van der Waals surface area contributed by atoms with Gasteiger partial charge in [-0.15, -0.1) is 0 Å². The second-order valence-corrected chi connectivity index (χ2v) is 5.17. The molecule has 1 fully saturated rings. The number of nitrogens with zero attached hydrogens (tertiary/aromatic N) is 1. The van der Waals surface area contributed by atoms with Crippen molar-refractivity contribution >= 4 is 5.91 Å². The van der Waals surface area contributed by atoms with Gasteiger partial charge in [0.25, 0.3) is 0 Å². The second-order valence-electron chi connectivity index (χ2n) is 5.17. The van der Waals surface area contributed by atoms with Crippen LogP contribution in [0.2, 0.25) is 0 Å². The van der Waals surface area contributed by atoms with Crippen LogP contribution in [0.1, 0.15) is 40.0 Å². The molecule has 2 atom stereocenters. The van der Waals surface area contributed by atoms with Gasteiger partial charge in [0.05, 0.1) is 6.10 Å². The van der Waals surface area contributed by atoms with E-state index in [9.17, 15) is 4.79 Å². The number of hydrogen-bond acceptors (Lipinski definition) is 3. The maximum atomic E-state index is 12.1. The third-order valence-corrected chi connectivity index (χ3v) is 3.40. The molecule has 4 heteroatoms. The molecule has 100 valence electrons. The van der Waals surface area contributed by atoms with Gasteiger partial charge in [-0.25, -0.2) is 0 Å². The summed E-state index contributed by atoms with van der Waals surface area (Å²) in [5, 5.41) is 0. The molecule has 1 amide bonds. The SMILES string of the molecule is CCOC1CCCN(C(=O)CC(N)C(C)C)C1. The number of ether oxygens (including phenoxy) is 1. The van der Waals surface area contributed by atoms with E-state index in [2.05, 4.69) is 13.8 Å². The van der Waals surface area contributed by atoms with Crippen LogP contribution < -0.4 is 5.73 Å². The van der Waals surface area contributed by atoms with Crippen molar-refractivity contribution in [3.05, 3.63) is 0 Å². The van der Waals surface area contributed by atoms with Gasteiger partial charge in [-0.3, -0.25) is 4.79 Å². The number of piperidine rings is 1. The highest BCUT2D eigenvalue weighted by atomic mass is 16.5. The molecule has 0 saturated carbocycles. The van der Waals surface area contributed by atoms with Gasteiger partial charge in [-0.05, 0) is 25.7 Å². The lowest BCUT2D eigenvalue weighted by atomic mass is 10.0. The first kappa shape index (κ1) is 14.5. The number of carbonyl (C=O) groups excluding carboxylic acids is 1. The smallest absolute Gasteiger partial charge is 0.224 e. The molecule has 17 heavy (non-hydrogen) atoms. The zero-order chi connectivity index (χ0) is 12.8. The largest absolute Gasteiger partial charge is 0.377 e. The van der Waals surface area contributed by atoms with Crippen molar-refractivity contribution in [3.8, 4) is 0 Å². The molecule has 0 aromatic carbocycles. The molecular weight excluding hydrogens is 216 g/mol. The van der Waals surface area contributed by atoms with Crippen LogP contribution in [-0.2, 0) is 9.53 Å². The third-order valence-electron chi connectivity index (χ3n) is 3.40. The number of likely N-dealkylation sites (tertiary alicyclic amines) is 1. The molecular formula is C13H26N2O2. The normalized spacial score (nSPS) is 22.9. The first-order chi connectivity index (χ1) is 8.04. The Hall–Kier alpha value is -0.610. The summed E-state index contributed by atoms with van der Waals surface area (Å²) in [5.41, 5.74) is 5.94. The number of hydrogen-bond donors (Lipinski definition) is 1. The van der Waals surface area contributed by atoms with Gasteiger partial charge in [0.2, 0.25) is 5.91 Å². The lowest BCUT2D eigenvalue weighted by molar-refractivity contribution is -0.135. The van der Waals surface area contributed by atoms with Gasteiger partial charge in [0.15, 0.2) is 0 Å². The van der Waals surface area contributed by atoms with E-state index in [0.717, 1.165) is 32.5 Å². The molecule has 0 radical (unpaired) electrons. The average molecular weight is 242 g/mol. The van der Waals surface area contributed by atoms with Gasteiger partial charge >= 0.3 is 0 Å². The van der Waals surface area contributed by atoms with Crippen molar-refractivity contribution in [1.82, 2.24) is 4.90 Å². The minimum absolute atomic E-state index is 0.0324. The standard InChI is InChI=1S/C13H26N2O2/c1-4-17-11-6-5-7-15(9-11)13(16)8-12(14)10(2)3/h10-12H,4-9,14H2,1-3H3. The van der Waals surface area contributed by atoms with Crippen molar-refractivity contribution in [2.24, 2.45) is 11.7 Å². The fourth-order valence-corrected chi connectivity index (χ4v) is 2.10. The fourth-order valence-electron chi connectivity index (χ4n) is 2.10. The predicted molar refractivity (Wildman–Crippen MR) is 68.7 cm³/mol. The number of carbonyl (C=O) groups is 1. The summed E-state index contributed by atoms with van der Waals surface area (Å²) < 4.78 is 5.59. The van der Waals surface area contributed by atoms with E-state index < -0.39 is 0 Å². The van der Waals surface area contributed by atoms with E-state index in [1.54, 1.807) is 0 Å². The Bertz CT molecular complexity index is 242. The first-order valence-corrected chi connectivity index (χ1v) is 6.69. The minimum Gasteiger partial charge on any atom is -0.377 e. The van der Waals surface area contributed by atoms with E-state index in [1.807, 2.05) is 11.8 Å². The van der Waals surface area contributed by atoms with Crippen molar-refractivity contribution in [2.45, 2.75) is 52.2 Å². The highest BCUT2D eigenvalue weighted by Crippen LogP contribution is 2.15. The highest BCUT2D eigenvalue weighted by Gasteiger charge is 2.25. The van der Waals surface area contributed by atoms with Crippen LogP contribution in [0.15, 0.2) is 0 Å². The molecule has 1 saturated heterocycles. The molecule has 0 spiro atoms. The van der Waals surface area contributed by atoms with Crippen LogP contribution >= 0.6 is 0 Å². The summed E-state index contributed by atoms with van der Waals surface area (Å²) in [6.45, 7) is 8.41. The van der Waals surface area contributed by atoms with Crippen LogP contribution in [0.5, 0.6) is 0 Å². The molecule has 1 heterocycles. The van der Waals surface area contributed by atoms with Crippen molar-refractivity contribution < 1.29 is 9.53 Å². The summed E-state index contributed by atoms with van der Waals surface area (Å²) in [6, 6.07) is -0.0324. The molecule has 1 aliphatic heterocycles. The Kier molecular flexibility index (Phi) is 5.92. The van der Waals surface area contributed by atoms with E-state index in [0.29, 0.717) is 12.3 Å². The third kappa shape index (κ3) is 4.64. The Morgan fingerprint density at radius 2 is 2.24 bits per heavy atom. The lowest BCUT2D eigenvalue weighted by Gasteiger charge is -2.33. The van der Waals surface area contributed by atoms with Crippen molar-refractivity contribution in [2.75, 3.05) is 19.7 Å². The Morgan fingerprint density at radius 1 is 1.53 bits per heavy atom. The average Bonchev–Trinajstić information content (AvgIpc) is 2.29. The maximum Gasteiger partial charge on any atom is 0.224 e. The molecule has 0 bridgehead atoms. The van der Waals surface area contributed by atoms with Gasteiger partial charge in [-0.1, -0.05) is 13.8 Å². The predicted octanol–water partition coefficient (Wildman–Crippen LogP) is 1.39. The highest BCUT2D eigenvalue weighted by molar-refractivity contribution is 5.77. The quantitative estimate of drug-likeness (QED) is 0.792. The van der Waals surface area contributed by atoms with Gasteiger partial charge in [-0.2, -0.15) is 0 Å². The van der Waals surface area contributed by atoms with Crippen molar-refractivity contribution in [1.29, 1.82) is 0 Å². The second kappa shape index (κ2) is 6.97. The monoisotopic (exact) mass is 242 g/mol. The van der Waals surface area contributed by atoms with E-state index in [4.69, 9.17) is 10.5 Å². The van der Waals surface area contributed by atoms with Gasteiger partial charge in [0.1, 0.15) is 0 Å². The van der Waals surface area contributed by atoms with Crippen LogP contribution in [0.4, 0.5) is 0 Å². The summed E-state index contributed by atoms with van der Waals surface area (Å²) in [4.78, 5) is 14.0. The van der Waals surface area contributed by atoms with Gasteiger partial charge < -0.3 is 15.4 Å². The summed E-state index contributed by atoms with van der Waals surface area (Å²) in [5.74, 6) is 0.530. The zero-order valence-electron chi connectivity index (χ0n) is 11.3. The van der Waals surface area contributed by atoms with Crippen LogP contribution in [0, 0.1) is 5.92 Å². The molecule has 1 aliphatic rings. The topological polar surface area (TPSA) is 55.6 Å². The Balaban J connectivity index is 2.40. The maximum absolute atomic E-state index is 12.1. The van der Waals surface area contributed by atoms with E-state index in [1.165, 1.54) is 0 Å². The Morgan fingerprint density at radius 3 is 2.82 bits per heavy atom. The summed E-state index contributed by atoms with van der Waals surface area (Å²) in [6.07, 6.45) is 2.77. The number of nitrogens with two attached hydrogens (primary N) is 1. The first-order valence-electron chi connectivity index (χ1n) is 6.69. The van der Waals surface area contributed by atoms with Crippen molar-refractivity contribution in [3.63, 3.8) is 0 Å².